The summed E-state index contributed by atoms with van der Waals surface area (Å²) in [5.41, 5.74) is 1.70. The average molecular weight is 225 g/mol. The van der Waals surface area contributed by atoms with Crippen molar-refractivity contribution in [1.82, 2.24) is 0 Å². The molecule has 5 heteroatoms. The number of hydrogen-bond acceptors (Lipinski definition) is 4. The Labute approximate surface area is 92.6 Å². The molecule has 0 spiro atoms. The number of carbonyl (C=O) groups excluding carboxylic acids is 1. The zero-order valence-electron chi connectivity index (χ0n) is 9.07. The fourth-order valence-electron chi connectivity index (χ4n) is 1.82. The third-order valence-corrected chi connectivity index (χ3v) is 2.65. The Morgan fingerprint density at radius 2 is 2.31 bits per heavy atom. The van der Waals surface area contributed by atoms with Crippen molar-refractivity contribution in [3.8, 4) is 0 Å². The van der Waals surface area contributed by atoms with Gasteiger partial charge in [0, 0.05) is 19.2 Å². The molecule has 1 atom stereocenters. The second kappa shape index (κ2) is 4.00. The number of likely N-dealkylation sites (N-methyl/N-ethyl adjacent to an activating group) is 1. The highest BCUT2D eigenvalue weighted by Gasteiger charge is 2.29. The molecule has 1 aromatic carbocycles. The minimum absolute atomic E-state index is 0.286. The molecule has 0 amide bonds. The molecule has 16 heavy (non-hydrogen) atoms. The van der Waals surface area contributed by atoms with E-state index in [9.17, 15) is 9.18 Å². The fourth-order valence-corrected chi connectivity index (χ4v) is 1.82. The Hall–Kier alpha value is -1.78. The molecule has 1 heterocycles. The first-order valence-electron chi connectivity index (χ1n) is 4.87. The molecule has 0 bridgehead atoms. The highest BCUT2D eigenvalue weighted by Crippen LogP contribution is 2.31. The van der Waals surface area contributed by atoms with Gasteiger partial charge < -0.3 is 14.4 Å². The number of ether oxygens (including phenoxy) is 2. The van der Waals surface area contributed by atoms with Gasteiger partial charge >= 0.3 is 6.16 Å². The van der Waals surface area contributed by atoms with Gasteiger partial charge in [-0.1, -0.05) is 0 Å². The Kier molecular flexibility index (Phi) is 2.68. The SMILES string of the molecule is COC(=O)OC1Cc2cc(F)ccc2N1C. The van der Waals surface area contributed by atoms with Crippen molar-refractivity contribution in [2.75, 3.05) is 19.1 Å². The van der Waals surface area contributed by atoms with Crippen LogP contribution in [0.3, 0.4) is 0 Å². The maximum atomic E-state index is 13.0. The van der Waals surface area contributed by atoms with Crippen LogP contribution in [-0.4, -0.2) is 26.5 Å². The first kappa shape index (κ1) is 10.7. The first-order valence-corrected chi connectivity index (χ1v) is 4.87. The number of fused-ring (bicyclic) bond motifs is 1. The summed E-state index contributed by atoms with van der Waals surface area (Å²) >= 11 is 0. The molecule has 1 unspecified atom stereocenters. The van der Waals surface area contributed by atoms with E-state index in [1.807, 2.05) is 0 Å². The van der Waals surface area contributed by atoms with Crippen LogP contribution in [0.4, 0.5) is 14.9 Å². The van der Waals surface area contributed by atoms with E-state index in [2.05, 4.69) is 4.74 Å². The monoisotopic (exact) mass is 225 g/mol. The molecule has 1 aliphatic heterocycles. The molecule has 0 aliphatic carbocycles. The van der Waals surface area contributed by atoms with Crippen LogP contribution in [-0.2, 0) is 15.9 Å². The van der Waals surface area contributed by atoms with Gasteiger partial charge in [0.25, 0.3) is 0 Å². The van der Waals surface area contributed by atoms with Crippen LogP contribution in [0.25, 0.3) is 0 Å². The van der Waals surface area contributed by atoms with Gasteiger partial charge in [0.2, 0.25) is 0 Å². The van der Waals surface area contributed by atoms with Crippen LogP contribution in [0.15, 0.2) is 18.2 Å². The summed E-state index contributed by atoms with van der Waals surface area (Å²) in [6.07, 6.45) is -0.687. The van der Waals surface area contributed by atoms with E-state index in [0.29, 0.717) is 6.42 Å². The van der Waals surface area contributed by atoms with Crippen molar-refractivity contribution in [3.63, 3.8) is 0 Å². The van der Waals surface area contributed by atoms with Gasteiger partial charge in [-0.15, -0.1) is 0 Å². The quantitative estimate of drug-likeness (QED) is 0.684. The molecule has 0 radical (unpaired) electrons. The highest BCUT2D eigenvalue weighted by atomic mass is 19.1. The Morgan fingerprint density at radius 1 is 1.56 bits per heavy atom. The summed E-state index contributed by atoms with van der Waals surface area (Å²) in [7, 11) is 3.04. The predicted molar refractivity (Wildman–Crippen MR) is 55.8 cm³/mol. The number of halogens is 1. The number of nitrogens with zero attached hydrogens (tertiary/aromatic N) is 1. The lowest BCUT2D eigenvalue weighted by Gasteiger charge is -2.21. The van der Waals surface area contributed by atoms with E-state index in [0.717, 1.165) is 11.3 Å². The minimum Gasteiger partial charge on any atom is -0.438 e. The van der Waals surface area contributed by atoms with E-state index < -0.39 is 12.4 Å². The maximum absolute atomic E-state index is 13.0. The lowest BCUT2D eigenvalue weighted by atomic mass is 10.1. The van der Waals surface area contributed by atoms with Gasteiger partial charge in [0.1, 0.15) is 5.82 Å². The second-order valence-corrected chi connectivity index (χ2v) is 3.61. The first-order chi connectivity index (χ1) is 7.61. The molecular weight excluding hydrogens is 213 g/mol. The molecule has 1 aromatic rings. The molecule has 0 saturated carbocycles. The Bertz CT molecular complexity index is 422. The highest BCUT2D eigenvalue weighted by molar-refractivity contribution is 5.63. The van der Waals surface area contributed by atoms with Gasteiger partial charge in [0.15, 0.2) is 6.23 Å². The normalized spacial score (nSPS) is 18.2. The molecular formula is C11H12FNO3. The van der Waals surface area contributed by atoms with Crippen LogP contribution in [0.5, 0.6) is 0 Å². The van der Waals surface area contributed by atoms with Crippen molar-refractivity contribution >= 4 is 11.8 Å². The van der Waals surface area contributed by atoms with Crippen molar-refractivity contribution in [3.05, 3.63) is 29.6 Å². The third kappa shape index (κ3) is 1.80. The van der Waals surface area contributed by atoms with E-state index in [1.54, 1.807) is 18.0 Å². The van der Waals surface area contributed by atoms with Gasteiger partial charge in [-0.2, -0.15) is 0 Å². The molecule has 2 rings (SSSR count). The Balaban J connectivity index is 2.17. The largest absolute Gasteiger partial charge is 0.509 e. The summed E-state index contributed by atoms with van der Waals surface area (Å²) in [6, 6.07) is 4.51. The summed E-state index contributed by atoms with van der Waals surface area (Å²) in [4.78, 5) is 12.8. The van der Waals surface area contributed by atoms with Crippen LogP contribution < -0.4 is 4.90 Å². The van der Waals surface area contributed by atoms with Crippen molar-refractivity contribution < 1.29 is 18.7 Å². The van der Waals surface area contributed by atoms with Crippen molar-refractivity contribution in [2.45, 2.75) is 12.6 Å². The van der Waals surface area contributed by atoms with Crippen LogP contribution >= 0.6 is 0 Å². The lowest BCUT2D eigenvalue weighted by Crippen LogP contribution is -2.32. The summed E-state index contributed by atoms with van der Waals surface area (Å²) in [6.45, 7) is 0. The standard InChI is InChI=1S/C11H12FNO3/c1-13-9-4-3-8(12)5-7(9)6-10(13)16-11(14)15-2/h3-5,10H,6H2,1-2H3. The van der Waals surface area contributed by atoms with Crippen molar-refractivity contribution in [2.24, 2.45) is 0 Å². The number of anilines is 1. The molecule has 0 fully saturated rings. The summed E-state index contributed by atoms with van der Waals surface area (Å²) < 4.78 is 22.5. The van der Waals surface area contributed by atoms with Gasteiger partial charge in [-0.3, -0.25) is 0 Å². The van der Waals surface area contributed by atoms with E-state index >= 15 is 0 Å². The lowest BCUT2D eigenvalue weighted by molar-refractivity contribution is 0.0405. The fraction of sp³-hybridized carbons (Fsp3) is 0.364. The number of carbonyl (C=O) groups is 1. The van der Waals surface area contributed by atoms with Gasteiger partial charge in [0.05, 0.1) is 7.11 Å². The number of benzene rings is 1. The number of rotatable bonds is 1. The number of methoxy groups -OCH3 is 1. The van der Waals surface area contributed by atoms with Crippen molar-refractivity contribution in [1.29, 1.82) is 0 Å². The molecule has 0 N–H and O–H groups in total. The smallest absolute Gasteiger partial charge is 0.438 e. The zero-order chi connectivity index (χ0) is 11.7. The predicted octanol–water partition coefficient (Wildman–Crippen LogP) is 1.93. The molecule has 4 nitrogen and oxygen atoms in total. The summed E-state index contributed by atoms with van der Waals surface area (Å²) in [5.74, 6) is -0.286. The summed E-state index contributed by atoms with van der Waals surface area (Å²) in [5, 5.41) is 0. The zero-order valence-corrected chi connectivity index (χ0v) is 9.07. The van der Waals surface area contributed by atoms with E-state index in [-0.39, 0.29) is 5.82 Å². The topological polar surface area (TPSA) is 38.8 Å². The molecule has 86 valence electrons. The van der Waals surface area contributed by atoms with Crippen LogP contribution in [0.2, 0.25) is 0 Å². The van der Waals surface area contributed by atoms with Gasteiger partial charge in [-0.25, -0.2) is 9.18 Å². The Morgan fingerprint density at radius 3 is 3.00 bits per heavy atom. The number of hydrogen-bond donors (Lipinski definition) is 0. The average Bonchev–Trinajstić information content (AvgIpc) is 2.55. The minimum atomic E-state index is -0.731. The van der Waals surface area contributed by atoms with Crippen LogP contribution in [0, 0.1) is 5.82 Å². The third-order valence-electron chi connectivity index (χ3n) is 2.65. The second-order valence-electron chi connectivity index (χ2n) is 3.61. The van der Waals surface area contributed by atoms with Crippen LogP contribution in [0.1, 0.15) is 5.56 Å². The molecule has 0 saturated heterocycles. The van der Waals surface area contributed by atoms with E-state index in [1.165, 1.54) is 19.2 Å². The van der Waals surface area contributed by atoms with E-state index in [4.69, 9.17) is 4.74 Å². The molecule has 0 aromatic heterocycles. The molecule has 1 aliphatic rings. The van der Waals surface area contributed by atoms with Gasteiger partial charge in [-0.05, 0) is 23.8 Å². The maximum Gasteiger partial charge on any atom is 0.509 e.